The predicted octanol–water partition coefficient (Wildman–Crippen LogP) is 2.16. The lowest BCUT2D eigenvalue weighted by molar-refractivity contribution is 0.266. The SMILES string of the molecule is CC[C@H]1CCC[C@H](CN)C1. The summed E-state index contributed by atoms with van der Waals surface area (Å²) in [6.45, 7) is 3.21. The summed E-state index contributed by atoms with van der Waals surface area (Å²) in [5, 5.41) is 0. The van der Waals surface area contributed by atoms with E-state index in [1.165, 1.54) is 32.1 Å². The molecule has 0 unspecified atom stereocenters. The van der Waals surface area contributed by atoms with Crippen molar-refractivity contribution in [3.8, 4) is 0 Å². The van der Waals surface area contributed by atoms with Gasteiger partial charge in [0, 0.05) is 0 Å². The van der Waals surface area contributed by atoms with E-state index in [2.05, 4.69) is 6.92 Å². The molecule has 0 radical (unpaired) electrons. The van der Waals surface area contributed by atoms with Gasteiger partial charge < -0.3 is 5.73 Å². The van der Waals surface area contributed by atoms with Crippen LogP contribution in [-0.2, 0) is 0 Å². The first-order valence-electron chi connectivity index (χ1n) is 4.56. The third-order valence-corrected chi connectivity index (χ3v) is 2.80. The average molecular weight is 141 g/mol. The summed E-state index contributed by atoms with van der Waals surface area (Å²) in [6, 6.07) is 0. The summed E-state index contributed by atoms with van der Waals surface area (Å²) >= 11 is 0. The molecule has 1 aliphatic carbocycles. The molecule has 10 heavy (non-hydrogen) atoms. The fraction of sp³-hybridized carbons (Fsp3) is 1.00. The molecule has 2 N–H and O–H groups in total. The minimum Gasteiger partial charge on any atom is -0.330 e. The van der Waals surface area contributed by atoms with Gasteiger partial charge in [0.2, 0.25) is 0 Å². The first-order chi connectivity index (χ1) is 4.86. The molecule has 1 nitrogen and oxygen atoms in total. The second-order valence-electron chi connectivity index (χ2n) is 3.54. The molecule has 0 saturated heterocycles. The van der Waals surface area contributed by atoms with Crippen LogP contribution in [0.2, 0.25) is 0 Å². The second-order valence-corrected chi connectivity index (χ2v) is 3.54. The Balaban J connectivity index is 2.25. The highest BCUT2D eigenvalue weighted by molar-refractivity contribution is 4.72. The molecule has 1 heteroatoms. The van der Waals surface area contributed by atoms with Crippen LogP contribution in [0.25, 0.3) is 0 Å². The molecular weight excluding hydrogens is 122 g/mol. The van der Waals surface area contributed by atoms with Crippen LogP contribution in [-0.4, -0.2) is 6.54 Å². The summed E-state index contributed by atoms with van der Waals surface area (Å²) in [7, 11) is 0. The third-order valence-electron chi connectivity index (χ3n) is 2.80. The molecule has 0 bridgehead atoms. The molecule has 1 fully saturated rings. The molecule has 0 aromatic carbocycles. The van der Waals surface area contributed by atoms with Crippen molar-refractivity contribution in [2.45, 2.75) is 39.0 Å². The van der Waals surface area contributed by atoms with Gasteiger partial charge >= 0.3 is 0 Å². The van der Waals surface area contributed by atoms with Gasteiger partial charge in [-0.3, -0.25) is 0 Å². The molecule has 2 atom stereocenters. The molecule has 1 rings (SSSR count). The maximum absolute atomic E-state index is 5.62. The van der Waals surface area contributed by atoms with Gasteiger partial charge in [0.25, 0.3) is 0 Å². The Morgan fingerprint density at radius 3 is 2.60 bits per heavy atom. The van der Waals surface area contributed by atoms with Crippen molar-refractivity contribution in [1.82, 2.24) is 0 Å². The van der Waals surface area contributed by atoms with Crippen LogP contribution in [0, 0.1) is 11.8 Å². The summed E-state index contributed by atoms with van der Waals surface area (Å²) in [5.41, 5.74) is 5.62. The molecular formula is C9H19N. The standard InChI is InChI=1S/C9H19N/c1-2-8-4-3-5-9(6-8)7-10/h8-9H,2-7,10H2,1H3/t8-,9-/m0/s1. The number of nitrogens with two attached hydrogens (primary N) is 1. The third kappa shape index (κ3) is 1.98. The van der Waals surface area contributed by atoms with E-state index in [9.17, 15) is 0 Å². The Morgan fingerprint density at radius 1 is 1.30 bits per heavy atom. The van der Waals surface area contributed by atoms with E-state index < -0.39 is 0 Å². The Labute approximate surface area is 64.0 Å². The normalized spacial score (nSPS) is 34.2. The predicted molar refractivity (Wildman–Crippen MR) is 44.8 cm³/mol. The minimum absolute atomic E-state index is 0.846. The zero-order chi connectivity index (χ0) is 7.40. The van der Waals surface area contributed by atoms with Crippen LogP contribution in [0.1, 0.15) is 39.0 Å². The van der Waals surface area contributed by atoms with E-state index in [0.29, 0.717) is 0 Å². The van der Waals surface area contributed by atoms with E-state index in [4.69, 9.17) is 5.73 Å². The smallest absolute Gasteiger partial charge is 0.00488 e. The molecule has 0 spiro atoms. The summed E-state index contributed by atoms with van der Waals surface area (Å²) < 4.78 is 0. The van der Waals surface area contributed by atoms with Gasteiger partial charge in [0.05, 0.1) is 0 Å². The van der Waals surface area contributed by atoms with Crippen LogP contribution in [0.3, 0.4) is 0 Å². The fourth-order valence-corrected chi connectivity index (χ4v) is 1.99. The van der Waals surface area contributed by atoms with E-state index in [1.807, 2.05) is 0 Å². The number of hydrogen-bond acceptors (Lipinski definition) is 1. The molecule has 0 heterocycles. The molecule has 1 saturated carbocycles. The molecule has 60 valence electrons. The van der Waals surface area contributed by atoms with E-state index in [0.717, 1.165) is 18.4 Å². The van der Waals surface area contributed by atoms with Gasteiger partial charge in [0.15, 0.2) is 0 Å². The van der Waals surface area contributed by atoms with Crippen LogP contribution in [0.15, 0.2) is 0 Å². The van der Waals surface area contributed by atoms with Crippen molar-refractivity contribution in [3.05, 3.63) is 0 Å². The highest BCUT2D eigenvalue weighted by atomic mass is 14.5. The van der Waals surface area contributed by atoms with Crippen molar-refractivity contribution in [1.29, 1.82) is 0 Å². The Morgan fingerprint density at radius 2 is 2.00 bits per heavy atom. The maximum Gasteiger partial charge on any atom is -0.00488 e. The van der Waals surface area contributed by atoms with Gasteiger partial charge in [-0.25, -0.2) is 0 Å². The van der Waals surface area contributed by atoms with Crippen molar-refractivity contribution >= 4 is 0 Å². The molecule has 1 aliphatic rings. The van der Waals surface area contributed by atoms with Gasteiger partial charge in [-0.05, 0) is 31.2 Å². The van der Waals surface area contributed by atoms with Gasteiger partial charge in [0.1, 0.15) is 0 Å². The van der Waals surface area contributed by atoms with Gasteiger partial charge in [-0.15, -0.1) is 0 Å². The second kappa shape index (κ2) is 3.97. The van der Waals surface area contributed by atoms with Crippen LogP contribution >= 0.6 is 0 Å². The van der Waals surface area contributed by atoms with Crippen molar-refractivity contribution in [2.75, 3.05) is 6.54 Å². The Kier molecular flexibility index (Phi) is 3.20. The van der Waals surface area contributed by atoms with Crippen molar-refractivity contribution < 1.29 is 0 Å². The zero-order valence-electron chi connectivity index (χ0n) is 6.97. The van der Waals surface area contributed by atoms with Gasteiger partial charge in [-0.1, -0.05) is 26.2 Å². The Bertz CT molecular complexity index is 80.7. The highest BCUT2D eigenvalue weighted by Crippen LogP contribution is 2.29. The monoisotopic (exact) mass is 141 g/mol. The lowest BCUT2D eigenvalue weighted by atomic mass is 9.80. The largest absolute Gasteiger partial charge is 0.330 e. The molecule has 0 amide bonds. The zero-order valence-corrected chi connectivity index (χ0v) is 6.97. The number of hydrogen-bond donors (Lipinski definition) is 1. The van der Waals surface area contributed by atoms with Gasteiger partial charge in [-0.2, -0.15) is 0 Å². The van der Waals surface area contributed by atoms with E-state index >= 15 is 0 Å². The van der Waals surface area contributed by atoms with Crippen LogP contribution in [0.5, 0.6) is 0 Å². The Hall–Kier alpha value is -0.0400. The lowest BCUT2D eigenvalue weighted by Gasteiger charge is -2.27. The molecule has 0 aliphatic heterocycles. The summed E-state index contributed by atoms with van der Waals surface area (Å²) in [4.78, 5) is 0. The van der Waals surface area contributed by atoms with Crippen LogP contribution < -0.4 is 5.73 Å². The fourth-order valence-electron chi connectivity index (χ4n) is 1.99. The lowest BCUT2D eigenvalue weighted by Crippen LogP contribution is -2.22. The molecule has 0 aromatic heterocycles. The maximum atomic E-state index is 5.62. The van der Waals surface area contributed by atoms with E-state index in [-0.39, 0.29) is 0 Å². The minimum atomic E-state index is 0.846. The summed E-state index contributed by atoms with van der Waals surface area (Å²) in [6.07, 6.45) is 7.00. The molecule has 0 aromatic rings. The topological polar surface area (TPSA) is 26.0 Å². The van der Waals surface area contributed by atoms with E-state index in [1.54, 1.807) is 0 Å². The summed E-state index contributed by atoms with van der Waals surface area (Å²) in [5.74, 6) is 1.83. The van der Waals surface area contributed by atoms with Crippen molar-refractivity contribution in [3.63, 3.8) is 0 Å². The number of rotatable bonds is 2. The average Bonchev–Trinajstić information content (AvgIpc) is 2.05. The first kappa shape index (κ1) is 8.06. The van der Waals surface area contributed by atoms with Crippen LogP contribution in [0.4, 0.5) is 0 Å². The first-order valence-corrected chi connectivity index (χ1v) is 4.56. The highest BCUT2D eigenvalue weighted by Gasteiger charge is 2.18. The quantitative estimate of drug-likeness (QED) is 0.626. The van der Waals surface area contributed by atoms with Crippen molar-refractivity contribution in [2.24, 2.45) is 17.6 Å².